The fourth-order valence-electron chi connectivity index (χ4n) is 1.72. The summed E-state index contributed by atoms with van der Waals surface area (Å²) in [6.07, 6.45) is 2.48. The monoisotopic (exact) mass is 309 g/mol. The highest BCUT2D eigenvalue weighted by Crippen LogP contribution is 2.15. The summed E-state index contributed by atoms with van der Waals surface area (Å²) < 4.78 is 0. The maximum atomic E-state index is 11.8. The molecule has 0 aliphatic carbocycles. The molecule has 0 unspecified atom stereocenters. The maximum absolute atomic E-state index is 11.8. The van der Waals surface area contributed by atoms with E-state index in [0.717, 1.165) is 11.8 Å². The first-order valence-corrected chi connectivity index (χ1v) is 6.77. The van der Waals surface area contributed by atoms with Crippen molar-refractivity contribution in [2.75, 3.05) is 10.6 Å². The van der Waals surface area contributed by atoms with Gasteiger partial charge in [0.05, 0.1) is 0 Å². The van der Waals surface area contributed by atoms with Crippen LogP contribution in [0.2, 0.25) is 0 Å². The summed E-state index contributed by atoms with van der Waals surface area (Å²) in [7, 11) is 0. The molecule has 0 aromatic heterocycles. The molecule has 0 saturated heterocycles. The summed E-state index contributed by atoms with van der Waals surface area (Å²) in [6.45, 7) is 0. The van der Waals surface area contributed by atoms with Gasteiger partial charge >= 0.3 is 0 Å². The van der Waals surface area contributed by atoms with E-state index in [0.29, 0.717) is 5.69 Å². The minimum atomic E-state index is -0.843. The van der Waals surface area contributed by atoms with Crippen molar-refractivity contribution >= 4 is 28.8 Å². The summed E-state index contributed by atoms with van der Waals surface area (Å²) in [4.78, 5) is 23.6. The molecule has 6 nitrogen and oxygen atoms in total. The minimum absolute atomic E-state index is 0.0207. The summed E-state index contributed by atoms with van der Waals surface area (Å²) in [5, 5.41) is 22.1. The van der Waals surface area contributed by atoms with Crippen LogP contribution in [0.25, 0.3) is 0 Å². The number of aromatic hydroxyl groups is 1. The van der Waals surface area contributed by atoms with E-state index in [2.05, 4.69) is 10.6 Å². The van der Waals surface area contributed by atoms with Gasteiger partial charge in [0.15, 0.2) is 5.71 Å². The molecule has 2 aromatic carbocycles. The smallest absolute Gasteiger partial charge is 0.277 e. The average molecular weight is 309 g/mol. The highest BCUT2D eigenvalue weighted by Gasteiger charge is 2.16. The molecule has 0 heterocycles. The second-order valence-electron chi connectivity index (χ2n) is 4.59. The number of phenolic OH excluding ortho intramolecular Hbond substituents is 1. The van der Waals surface area contributed by atoms with Crippen LogP contribution in [0.15, 0.2) is 66.9 Å². The Morgan fingerprint density at radius 1 is 1.00 bits per heavy atom. The molecule has 0 fully saturated rings. The van der Waals surface area contributed by atoms with Crippen molar-refractivity contribution in [3.8, 4) is 5.75 Å². The van der Waals surface area contributed by atoms with Gasteiger partial charge in [0.2, 0.25) is 5.78 Å². The van der Waals surface area contributed by atoms with Crippen molar-refractivity contribution in [2.24, 2.45) is 0 Å². The number of carbonyl (C=O) groups excluding carboxylic acids is 2. The van der Waals surface area contributed by atoms with Crippen molar-refractivity contribution in [1.29, 1.82) is 5.41 Å². The molecule has 4 N–H and O–H groups in total. The molecule has 2 rings (SSSR count). The Balaban J connectivity index is 1.91. The van der Waals surface area contributed by atoms with Gasteiger partial charge in [0, 0.05) is 29.7 Å². The third-order valence-electron chi connectivity index (χ3n) is 2.84. The van der Waals surface area contributed by atoms with Crippen molar-refractivity contribution in [3.63, 3.8) is 0 Å². The van der Waals surface area contributed by atoms with Crippen molar-refractivity contribution in [1.82, 2.24) is 0 Å². The number of para-hydroxylation sites is 1. The zero-order valence-corrected chi connectivity index (χ0v) is 12.1. The summed E-state index contributed by atoms with van der Waals surface area (Å²) in [5.74, 6) is -1.59. The lowest BCUT2D eigenvalue weighted by Gasteiger charge is -2.05. The van der Waals surface area contributed by atoms with Crippen LogP contribution in [0.1, 0.15) is 0 Å². The number of amides is 1. The Labute approximate surface area is 133 Å². The highest BCUT2D eigenvalue weighted by atomic mass is 16.3. The van der Waals surface area contributed by atoms with Gasteiger partial charge in [-0.2, -0.15) is 0 Å². The summed E-state index contributed by atoms with van der Waals surface area (Å²) >= 11 is 0. The molecule has 0 spiro atoms. The highest BCUT2D eigenvalue weighted by molar-refractivity contribution is 6.68. The van der Waals surface area contributed by atoms with Gasteiger partial charge in [-0.15, -0.1) is 0 Å². The first kappa shape index (κ1) is 16.0. The molecule has 0 aliphatic heterocycles. The SMILES string of the molecule is N=C(C(=O)/C=C\Nc1ccccc1)C(=O)Nc1cccc(O)c1. The maximum Gasteiger partial charge on any atom is 0.277 e. The number of hydrogen-bond acceptors (Lipinski definition) is 5. The van der Waals surface area contributed by atoms with Gasteiger partial charge in [0.1, 0.15) is 5.75 Å². The third kappa shape index (κ3) is 4.82. The van der Waals surface area contributed by atoms with Gasteiger partial charge in [0.25, 0.3) is 5.91 Å². The van der Waals surface area contributed by atoms with Gasteiger partial charge in [-0.25, -0.2) is 0 Å². The molecule has 0 aliphatic rings. The fraction of sp³-hybridized carbons (Fsp3) is 0. The Hall–Kier alpha value is -3.41. The predicted octanol–water partition coefficient (Wildman–Crippen LogP) is 2.55. The van der Waals surface area contributed by atoms with Crippen molar-refractivity contribution < 1.29 is 14.7 Å². The van der Waals surface area contributed by atoms with Crippen LogP contribution in [-0.4, -0.2) is 22.5 Å². The molecule has 116 valence electrons. The second-order valence-corrected chi connectivity index (χ2v) is 4.59. The Morgan fingerprint density at radius 2 is 1.70 bits per heavy atom. The lowest BCUT2D eigenvalue weighted by Crippen LogP contribution is -2.28. The van der Waals surface area contributed by atoms with Gasteiger partial charge in [-0.1, -0.05) is 24.3 Å². The molecular weight excluding hydrogens is 294 g/mol. The number of hydrogen-bond donors (Lipinski definition) is 4. The number of rotatable bonds is 6. The van der Waals surface area contributed by atoms with Crippen molar-refractivity contribution in [2.45, 2.75) is 0 Å². The number of carbonyl (C=O) groups is 2. The summed E-state index contributed by atoms with van der Waals surface area (Å²) in [5.41, 5.74) is 0.394. The number of benzene rings is 2. The van der Waals surface area contributed by atoms with E-state index in [4.69, 9.17) is 5.41 Å². The van der Waals surface area contributed by atoms with Gasteiger partial charge in [-0.3, -0.25) is 15.0 Å². The zero-order valence-electron chi connectivity index (χ0n) is 12.1. The van der Waals surface area contributed by atoms with Crippen LogP contribution in [0.4, 0.5) is 11.4 Å². The van der Waals surface area contributed by atoms with Crippen LogP contribution in [0.3, 0.4) is 0 Å². The topological polar surface area (TPSA) is 102 Å². The number of allylic oxidation sites excluding steroid dienone is 1. The zero-order chi connectivity index (χ0) is 16.7. The first-order chi connectivity index (χ1) is 11.1. The number of nitrogens with one attached hydrogen (secondary N) is 3. The van der Waals surface area contributed by atoms with E-state index in [1.165, 1.54) is 18.3 Å². The van der Waals surface area contributed by atoms with E-state index in [1.54, 1.807) is 12.1 Å². The van der Waals surface area contributed by atoms with E-state index in [-0.39, 0.29) is 5.75 Å². The van der Waals surface area contributed by atoms with E-state index >= 15 is 0 Å². The van der Waals surface area contributed by atoms with Crippen LogP contribution in [0, 0.1) is 5.41 Å². The largest absolute Gasteiger partial charge is 0.508 e. The molecule has 23 heavy (non-hydrogen) atoms. The predicted molar refractivity (Wildman–Crippen MR) is 88.7 cm³/mol. The Morgan fingerprint density at radius 3 is 2.39 bits per heavy atom. The van der Waals surface area contributed by atoms with Crippen molar-refractivity contribution in [3.05, 3.63) is 66.9 Å². The standard InChI is InChI=1S/C17H15N3O3/c18-16(17(23)20-13-7-4-8-14(21)11-13)15(22)9-10-19-12-5-2-1-3-6-12/h1-11,18-19,21H,(H,20,23)/b10-9-,18-16?. The minimum Gasteiger partial charge on any atom is -0.508 e. The molecule has 0 radical (unpaired) electrons. The van der Waals surface area contributed by atoms with Crippen LogP contribution in [0.5, 0.6) is 5.75 Å². The number of ketones is 1. The molecular formula is C17H15N3O3. The number of phenols is 1. The van der Waals surface area contributed by atoms with E-state index in [9.17, 15) is 14.7 Å². The molecule has 6 heteroatoms. The molecule has 0 bridgehead atoms. The van der Waals surface area contributed by atoms with Crippen LogP contribution in [-0.2, 0) is 9.59 Å². The summed E-state index contributed by atoms with van der Waals surface area (Å²) in [6, 6.07) is 15.0. The quantitative estimate of drug-likeness (QED) is 0.374. The molecule has 1 amide bonds. The lowest BCUT2D eigenvalue weighted by atomic mass is 10.2. The van der Waals surface area contributed by atoms with Gasteiger partial charge < -0.3 is 15.7 Å². The molecule has 2 aromatic rings. The average Bonchev–Trinajstić information content (AvgIpc) is 2.55. The Kier molecular flexibility index (Phi) is 5.25. The second kappa shape index (κ2) is 7.56. The van der Waals surface area contributed by atoms with Gasteiger partial charge in [-0.05, 0) is 24.3 Å². The van der Waals surface area contributed by atoms with E-state index in [1.807, 2.05) is 30.3 Å². The number of anilines is 2. The van der Waals surface area contributed by atoms with Crippen LogP contribution < -0.4 is 10.6 Å². The lowest BCUT2D eigenvalue weighted by molar-refractivity contribution is -0.113. The first-order valence-electron chi connectivity index (χ1n) is 6.77. The van der Waals surface area contributed by atoms with Crippen LogP contribution >= 0.6 is 0 Å². The molecule has 0 saturated carbocycles. The fourth-order valence-corrected chi connectivity index (χ4v) is 1.72. The Bertz CT molecular complexity index is 755. The normalized spacial score (nSPS) is 10.3. The third-order valence-corrected chi connectivity index (χ3v) is 2.84. The molecule has 0 atom stereocenters. The van der Waals surface area contributed by atoms with E-state index < -0.39 is 17.4 Å².